The number of para-hydroxylation sites is 1. The summed E-state index contributed by atoms with van der Waals surface area (Å²) in [5.74, 6) is 0.454. The number of rotatable bonds is 3. The van der Waals surface area contributed by atoms with E-state index in [0.717, 1.165) is 16.9 Å². The van der Waals surface area contributed by atoms with Gasteiger partial charge in [-0.15, -0.1) is 0 Å². The van der Waals surface area contributed by atoms with Gasteiger partial charge in [0, 0.05) is 31.5 Å². The van der Waals surface area contributed by atoms with Crippen LogP contribution in [0.3, 0.4) is 0 Å². The molecule has 0 saturated carbocycles. The number of fused-ring (bicyclic) bond motifs is 1. The summed E-state index contributed by atoms with van der Waals surface area (Å²) < 4.78 is 30.7. The highest BCUT2D eigenvalue weighted by Crippen LogP contribution is 2.42. The van der Waals surface area contributed by atoms with Crippen molar-refractivity contribution in [2.24, 2.45) is 0 Å². The summed E-state index contributed by atoms with van der Waals surface area (Å²) in [5.41, 5.74) is 1.78. The molecule has 27 heavy (non-hydrogen) atoms. The number of piperidine rings is 1. The molecule has 1 fully saturated rings. The maximum absolute atomic E-state index is 13.0. The van der Waals surface area contributed by atoms with Gasteiger partial charge in [-0.2, -0.15) is 0 Å². The molecule has 6 heteroatoms. The number of halogens is 1. The van der Waals surface area contributed by atoms with E-state index < -0.39 is 5.79 Å². The summed E-state index contributed by atoms with van der Waals surface area (Å²) in [6.07, 6.45) is 1.46. The number of hydrogen-bond acceptors (Lipinski definition) is 4. The van der Waals surface area contributed by atoms with Gasteiger partial charge in [0.1, 0.15) is 5.82 Å². The van der Waals surface area contributed by atoms with E-state index in [2.05, 4.69) is 0 Å². The minimum absolute atomic E-state index is 0.0326. The minimum Gasteiger partial charge on any atom is -0.493 e. The van der Waals surface area contributed by atoms with Crippen LogP contribution in [0.1, 0.15) is 24.0 Å². The Bertz CT molecular complexity index is 814. The molecule has 1 spiro atoms. The summed E-state index contributed by atoms with van der Waals surface area (Å²) >= 11 is 0. The van der Waals surface area contributed by atoms with Gasteiger partial charge in [0.2, 0.25) is 11.7 Å². The summed E-state index contributed by atoms with van der Waals surface area (Å²) in [7, 11) is 1.62. The molecule has 2 aromatic carbocycles. The monoisotopic (exact) mass is 371 g/mol. The first-order valence-corrected chi connectivity index (χ1v) is 9.10. The molecule has 0 N–H and O–H groups in total. The van der Waals surface area contributed by atoms with Crippen molar-refractivity contribution in [2.45, 2.75) is 31.7 Å². The van der Waals surface area contributed by atoms with Crippen molar-refractivity contribution in [1.29, 1.82) is 0 Å². The first-order valence-electron chi connectivity index (χ1n) is 9.10. The highest BCUT2D eigenvalue weighted by molar-refractivity contribution is 5.78. The first kappa shape index (κ1) is 17.8. The van der Waals surface area contributed by atoms with Crippen LogP contribution < -0.4 is 9.47 Å². The van der Waals surface area contributed by atoms with Crippen LogP contribution in [0.5, 0.6) is 11.5 Å². The van der Waals surface area contributed by atoms with Crippen LogP contribution in [0.25, 0.3) is 0 Å². The molecule has 5 nitrogen and oxygen atoms in total. The predicted octanol–water partition coefficient (Wildman–Crippen LogP) is 3.30. The summed E-state index contributed by atoms with van der Waals surface area (Å²) in [5, 5.41) is 0. The number of carbonyl (C=O) groups excluding carboxylic acids is 1. The van der Waals surface area contributed by atoms with Crippen molar-refractivity contribution in [1.82, 2.24) is 4.90 Å². The molecule has 2 aliphatic heterocycles. The minimum atomic E-state index is -0.714. The molecule has 142 valence electrons. The van der Waals surface area contributed by atoms with E-state index in [1.54, 1.807) is 19.2 Å². The second-order valence-corrected chi connectivity index (χ2v) is 6.93. The van der Waals surface area contributed by atoms with Gasteiger partial charge in [-0.3, -0.25) is 4.79 Å². The zero-order chi connectivity index (χ0) is 18.9. The largest absolute Gasteiger partial charge is 0.493 e. The van der Waals surface area contributed by atoms with Crippen molar-refractivity contribution < 1.29 is 23.4 Å². The third kappa shape index (κ3) is 3.62. The van der Waals surface area contributed by atoms with E-state index in [1.807, 2.05) is 23.1 Å². The van der Waals surface area contributed by atoms with Crippen LogP contribution in [0.2, 0.25) is 0 Å². The highest BCUT2D eigenvalue weighted by Gasteiger charge is 2.42. The zero-order valence-corrected chi connectivity index (χ0v) is 15.2. The zero-order valence-electron chi connectivity index (χ0n) is 15.2. The molecule has 1 saturated heterocycles. The van der Waals surface area contributed by atoms with Gasteiger partial charge in [0.15, 0.2) is 11.5 Å². The number of hydrogen-bond donors (Lipinski definition) is 0. The smallest absolute Gasteiger partial charge is 0.226 e. The van der Waals surface area contributed by atoms with Crippen LogP contribution in [0.4, 0.5) is 4.39 Å². The molecule has 0 bridgehead atoms. The quantitative estimate of drug-likeness (QED) is 0.831. The van der Waals surface area contributed by atoms with E-state index >= 15 is 0 Å². The summed E-state index contributed by atoms with van der Waals surface area (Å²) in [6, 6.07) is 11.8. The van der Waals surface area contributed by atoms with Crippen molar-refractivity contribution in [3.8, 4) is 11.5 Å². The number of ether oxygens (including phenoxy) is 3. The number of likely N-dealkylation sites (tertiary alicyclic amines) is 1. The Balaban J connectivity index is 1.40. The fraction of sp³-hybridized carbons (Fsp3) is 0.381. The Morgan fingerprint density at radius 3 is 2.63 bits per heavy atom. The molecule has 1 amide bonds. The molecule has 0 atom stereocenters. The Morgan fingerprint density at radius 2 is 1.93 bits per heavy atom. The number of benzene rings is 2. The van der Waals surface area contributed by atoms with E-state index in [0.29, 0.717) is 38.3 Å². The topological polar surface area (TPSA) is 48.0 Å². The van der Waals surface area contributed by atoms with E-state index in [4.69, 9.17) is 14.2 Å². The molecule has 0 radical (unpaired) electrons. The van der Waals surface area contributed by atoms with E-state index in [-0.39, 0.29) is 18.1 Å². The van der Waals surface area contributed by atoms with Crippen LogP contribution in [0, 0.1) is 5.82 Å². The Labute approximate surface area is 157 Å². The maximum Gasteiger partial charge on any atom is 0.226 e. The highest BCUT2D eigenvalue weighted by atomic mass is 19.1. The van der Waals surface area contributed by atoms with E-state index in [1.165, 1.54) is 12.1 Å². The third-order valence-electron chi connectivity index (χ3n) is 5.21. The van der Waals surface area contributed by atoms with Gasteiger partial charge in [0.25, 0.3) is 0 Å². The van der Waals surface area contributed by atoms with Crippen molar-refractivity contribution >= 4 is 5.91 Å². The van der Waals surface area contributed by atoms with Gasteiger partial charge in [-0.25, -0.2) is 4.39 Å². The second kappa shape index (κ2) is 7.19. The molecule has 0 aliphatic carbocycles. The number of methoxy groups -OCH3 is 1. The average Bonchev–Trinajstić information content (AvgIpc) is 2.70. The lowest BCUT2D eigenvalue weighted by molar-refractivity contribution is -0.228. The van der Waals surface area contributed by atoms with Crippen molar-refractivity contribution in [3.63, 3.8) is 0 Å². The lowest BCUT2D eigenvalue weighted by atomic mass is 10.0. The Morgan fingerprint density at radius 1 is 1.19 bits per heavy atom. The van der Waals surface area contributed by atoms with E-state index in [9.17, 15) is 9.18 Å². The molecular weight excluding hydrogens is 349 g/mol. The lowest BCUT2D eigenvalue weighted by Gasteiger charge is -2.44. The number of amides is 1. The standard InChI is InChI=1S/C21H22FNO4/c1-25-18-4-2-3-16-14-26-21(27-20(16)18)9-11-23(12-10-21)19(24)13-15-5-7-17(22)8-6-15/h2-8H,9-14H2,1H3. The van der Waals surface area contributed by atoms with Crippen LogP contribution >= 0.6 is 0 Å². The Kier molecular flexibility index (Phi) is 4.74. The fourth-order valence-electron chi connectivity index (χ4n) is 3.61. The van der Waals surface area contributed by atoms with Crippen LogP contribution in [-0.4, -0.2) is 36.8 Å². The average molecular weight is 371 g/mol. The molecule has 4 rings (SSSR count). The third-order valence-corrected chi connectivity index (χ3v) is 5.21. The van der Waals surface area contributed by atoms with Gasteiger partial charge in [-0.05, 0) is 23.8 Å². The fourth-order valence-corrected chi connectivity index (χ4v) is 3.61. The summed E-state index contributed by atoms with van der Waals surface area (Å²) in [4.78, 5) is 14.4. The van der Waals surface area contributed by atoms with Crippen molar-refractivity contribution in [3.05, 3.63) is 59.4 Å². The summed E-state index contributed by atoms with van der Waals surface area (Å²) in [6.45, 7) is 1.59. The SMILES string of the molecule is COc1cccc2c1OC1(CCN(C(=O)Cc3ccc(F)cc3)CC1)OC2. The first-order chi connectivity index (χ1) is 13.1. The van der Waals surface area contributed by atoms with Crippen LogP contribution in [0.15, 0.2) is 42.5 Å². The predicted molar refractivity (Wildman–Crippen MR) is 97.1 cm³/mol. The second-order valence-electron chi connectivity index (χ2n) is 6.93. The lowest BCUT2D eigenvalue weighted by Crippen LogP contribution is -2.52. The molecule has 2 heterocycles. The Hall–Kier alpha value is -2.60. The molecule has 0 aromatic heterocycles. The molecular formula is C21H22FNO4. The molecule has 2 aromatic rings. The van der Waals surface area contributed by atoms with Gasteiger partial charge < -0.3 is 19.1 Å². The maximum atomic E-state index is 13.0. The van der Waals surface area contributed by atoms with Crippen molar-refractivity contribution in [2.75, 3.05) is 20.2 Å². The molecule has 2 aliphatic rings. The normalized spacial score (nSPS) is 17.9. The van der Waals surface area contributed by atoms with Gasteiger partial charge in [0.05, 0.1) is 20.1 Å². The molecule has 0 unspecified atom stereocenters. The van der Waals surface area contributed by atoms with Crippen LogP contribution in [-0.2, 0) is 22.6 Å². The van der Waals surface area contributed by atoms with Gasteiger partial charge in [-0.1, -0.05) is 24.3 Å². The van der Waals surface area contributed by atoms with Gasteiger partial charge >= 0.3 is 0 Å². The number of carbonyl (C=O) groups is 1. The number of nitrogens with zero attached hydrogens (tertiary/aromatic N) is 1.